The SMILES string of the molecule is c1ccc(CN2C[C@@H]3CC[C@H](C2)N(Cc2cccc(-n4cccn4)c2)C3)nc1. The van der Waals surface area contributed by atoms with E-state index in [2.05, 4.69) is 56.3 Å². The van der Waals surface area contributed by atoms with Crippen molar-refractivity contribution in [1.29, 1.82) is 0 Å². The summed E-state index contributed by atoms with van der Waals surface area (Å²) in [5.41, 5.74) is 3.69. The molecule has 0 amide bonds. The van der Waals surface area contributed by atoms with Crippen LogP contribution in [0.5, 0.6) is 0 Å². The van der Waals surface area contributed by atoms with Crippen LogP contribution in [0.3, 0.4) is 0 Å². The molecule has 2 aromatic heterocycles. The molecule has 3 saturated heterocycles. The van der Waals surface area contributed by atoms with E-state index in [1.165, 1.54) is 37.2 Å². The standard InChI is InChI=1S/C23H27N5/c1-2-10-24-21(6-1)17-26-14-20-8-9-23(18-26)27(16-20)15-19-5-3-7-22(13-19)28-12-4-11-25-28/h1-7,10-13,20,23H,8-9,14-18H2/t20-,23+/m0/s1. The van der Waals surface area contributed by atoms with Gasteiger partial charge in [0.1, 0.15) is 0 Å². The largest absolute Gasteiger partial charge is 0.296 e. The van der Waals surface area contributed by atoms with Crippen molar-refractivity contribution >= 4 is 0 Å². The van der Waals surface area contributed by atoms with Gasteiger partial charge in [0, 0.05) is 57.4 Å². The van der Waals surface area contributed by atoms with Crippen molar-refractivity contribution in [2.75, 3.05) is 19.6 Å². The van der Waals surface area contributed by atoms with Gasteiger partial charge in [0.05, 0.1) is 11.4 Å². The van der Waals surface area contributed by atoms with Crippen LogP contribution in [0.2, 0.25) is 0 Å². The Hall–Kier alpha value is -2.50. The molecule has 2 atom stereocenters. The Bertz CT molecular complexity index is 892. The number of rotatable bonds is 5. The number of aromatic nitrogens is 3. The molecule has 6 rings (SSSR count). The Balaban J connectivity index is 1.29. The van der Waals surface area contributed by atoms with Crippen molar-refractivity contribution in [3.05, 3.63) is 78.4 Å². The van der Waals surface area contributed by atoms with Crippen LogP contribution in [-0.4, -0.2) is 50.2 Å². The molecule has 0 saturated carbocycles. The highest BCUT2D eigenvalue weighted by atomic mass is 15.3. The van der Waals surface area contributed by atoms with Gasteiger partial charge < -0.3 is 0 Å². The van der Waals surface area contributed by atoms with Crippen LogP contribution in [0, 0.1) is 5.92 Å². The van der Waals surface area contributed by atoms with Crippen molar-refractivity contribution in [2.24, 2.45) is 5.92 Å². The minimum absolute atomic E-state index is 0.635. The zero-order valence-electron chi connectivity index (χ0n) is 16.2. The summed E-state index contributed by atoms with van der Waals surface area (Å²) in [5, 5.41) is 4.37. The quantitative estimate of drug-likeness (QED) is 0.687. The van der Waals surface area contributed by atoms with Crippen LogP contribution >= 0.6 is 0 Å². The molecular weight excluding hydrogens is 346 g/mol. The first-order valence-corrected chi connectivity index (χ1v) is 10.3. The van der Waals surface area contributed by atoms with Gasteiger partial charge in [0.25, 0.3) is 0 Å². The predicted molar refractivity (Wildman–Crippen MR) is 110 cm³/mol. The Labute approximate surface area is 166 Å². The first-order chi connectivity index (χ1) is 13.8. The summed E-state index contributed by atoms with van der Waals surface area (Å²) in [6.07, 6.45) is 8.40. The molecule has 144 valence electrons. The highest BCUT2D eigenvalue weighted by Crippen LogP contribution is 2.30. The van der Waals surface area contributed by atoms with E-state index in [1.807, 2.05) is 35.4 Å². The molecular formula is C23H27N5. The minimum atomic E-state index is 0.635. The molecule has 0 spiro atoms. The fourth-order valence-electron chi connectivity index (χ4n) is 4.77. The molecule has 5 heteroatoms. The second-order valence-corrected chi connectivity index (χ2v) is 8.16. The Morgan fingerprint density at radius 3 is 2.75 bits per heavy atom. The van der Waals surface area contributed by atoms with Gasteiger partial charge in [-0.25, -0.2) is 4.68 Å². The van der Waals surface area contributed by atoms with E-state index in [9.17, 15) is 0 Å². The van der Waals surface area contributed by atoms with Gasteiger partial charge in [-0.3, -0.25) is 14.8 Å². The van der Waals surface area contributed by atoms with Crippen LogP contribution in [0.4, 0.5) is 0 Å². The van der Waals surface area contributed by atoms with E-state index < -0.39 is 0 Å². The van der Waals surface area contributed by atoms with Gasteiger partial charge in [-0.15, -0.1) is 0 Å². The Morgan fingerprint density at radius 2 is 1.89 bits per heavy atom. The third kappa shape index (κ3) is 3.86. The fourth-order valence-corrected chi connectivity index (χ4v) is 4.77. The smallest absolute Gasteiger partial charge is 0.0648 e. The number of fused-ring (bicyclic) bond motifs is 4. The highest BCUT2D eigenvalue weighted by molar-refractivity contribution is 5.35. The topological polar surface area (TPSA) is 37.2 Å². The number of nitrogens with zero attached hydrogens (tertiary/aromatic N) is 5. The molecule has 5 nitrogen and oxygen atoms in total. The van der Waals surface area contributed by atoms with Gasteiger partial charge in [-0.2, -0.15) is 5.10 Å². The fraction of sp³-hybridized carbons (Fsp3) is 0.391. The maximum atomic E-state index is 4.53. The van der Waals surface area contributed by atoms with Crippen molar-refractivity contribution < 1.29 is 0 Å². The third-order valence-electron chi connectivity index (χ3n) is 6.08. The molecule has 3 aromatic rings. The van der Waals surface area contributed by atoms with E-state index in [0.29, 0.717) is 6.04 Å². The zero-order chi connectivity index (χ0) is 18.8. The van der Waals surface area contributed by atoms with Crippen molar-refractivity contribution in [1.82, 2.24) is 24.6 Å². The van der Waals surface area contributed by atoms with Crippen molar-refractivity contribution in [3.8, 4) is 5.69 Å². The van der Waals surface area contributed by atoms with Crippen LogP contribution in [-0.2, 0) is 13.1 Å². The van der Waals surface area contributed by atoms with Gasteiger partial charge in [0.15, 0.2) is 0 Å². The average Bonchev–Trinajstić information content (AvgIpc) is 3.13. The summed E-state index contributed by atoms with van der Waals surface area (Å²) in [6, 6.07) is 17.6. The van der Waals surface area contributed by atoms with Crippen LogP contribution in [0.1, 0.15) is 24.1 Å². The summed E-state index contributed by atoms with van der Waals surface area (Å²) in [5.74, 6) is 0.761. The lowest BCUT2D eigenvalue weighted by Crippen LogP contribution is -2.43. The molecule has 0 aliphatic carbocycles. The summed E-state index contributed by atoms with van der Waals surface area (Å²) in [4.78, 5) is 9.85. The number of benzene rings is 1. The normalized spacial score (nSPS) is 23.0. The van der Waals surface area contributed by atoms with Gasteiger partial charge in [-0.1, -0.05) is 18.2 Å². The summed E-state index contributed by atoms with van der Waals surface area (Å²) >= 11 is 0. The number of piperidine rings is 1. The second kappa shape index (κ2) is 7.86. The first kappa shape index (κ1) is 17.6. The lowest BCUT2D eigenvalue weighted by molar-refractivity contribution is 0.123. The number of hydrogen-bond acceptors (Lipinski definition) is 4. The van der Waals surface area contributed by atoms with Crippen LogP contribution < -0.4 is 0 Å². The molecule has 0 unspecified atom stereocenters. The highest BCUT2D eigenvalue weighted by Gasteiger charge is 2.34. The van der Waals surface area contributed by atoms with Crippen molar-refractivity contribution in [3.63, 3.8) is 0 Å². The van der Waals surface area contributed by atoms with E-state index in [0.717, 1.165) is 31.2 Å². The second-order valence-electron chi connectivity index (χ2n) is 8.16. The zero-order valence-corrected chi connectivity index (χ0v) is 16.2. The van der Waals surface area contributed by atoms with Gasteiger partial charge in [0.2, 0.25) is 0 Å². The van der Waals surface area contributed by atoms with Crippen LogP contribution in [0.25, 0.3) is 5.69 Å². The maximum absolute atomic E-state index is 4.53. The monoisotopic (exact) mass is 373 g/mol. The van der Waals surface area contributed by atoms with E-state index in [1.54, 1.807) is 0 Å². The van der Waals surface area contributed by atoms with E-state index in [-0.39, 0.29) is 0 Å². The average molecular weight is 374 g/mol. The van der Waals surface area contributed by atoms with Gasteiger partial charge in [-0.05, 0) is 54.7 Å². The minimum Gasteiger partial charge on any atom is -0.296 e. The molecule has 5 heterocycles. The van der Waals surface area contributed by atoms with E-state index >= 15 is 0 Å². The molecule has 3 aliphatic rings. The molecule has 0 N–H and O–H groups in total. The predicted octanol–water partition coefficient (Wildman–Crippen LogP) is 3.36. The summed E-state index contributed by atoms with van der Waals surface area (Å²) in [6.45, 7) is 5.53. The molecule has 28 heavy (non-hydrogen) atoms. The Morgan fingerprint density at radius 1 is 0.893 bits per heavy atom. The van der Waals surface area contributed by atoms with Gasteiger partial charge >= 0.3 is 0 Å². The molecule has 2 bridgehead atoms. The first-order valence-electron chi connectivity index (χ1n) is 10.3. The maximum Gasteiger partial charge on any atom is 0.0648 e. The Kier molecular flexibility index (Phi) is 4.93. The number of hydrogen-bond donors (Lipinski definition) is 0. The number of pyridine rings is 1. The lowest BCUT2D eigenvalue weighted by atomic mass is 9.94. The van der Waals surface area contributed by atoms with Crippen LogP contribution in [0.15, 0.2) is 67.1 Å². The lowest BCUT2D eigenvalue weighted by Gasteiger charge is -2.36. The molecule has 1 aromatic carbocycles. The molecule has 0 radical (unpaired) electrons. The summed E-state index contributed by atoms with van der Waals surface area (Å²) < 4.78 is 1.94. The molecule has 3 aliphatic heterocycles. The van der Waals surface area contributed by atoms with E-state index in [4.69, 9.17) is 0 Å². The van der Waals surface area contributed by atoms with Crippen molar-refractivity contribution in [2.45, 2.75) is 32.0 Å². The molecule has 3 fully saturated rings. The third-order valence-corrected chi connectivity index (χ3v) is 6.08. The summed E-state index contributed by atoms with van der Waals surface area (Å²) in [7, 11) is 0.